The highest BCUT2D eigenvalue weighted by atomic mass is 32.1. The number of aromatic nitrogens is 1. The molecule has 7 heteroatoms. The van der Waals surface area contributed by atoms with E-state index in [1.54, 1.807) is 12.4 Å². The number of nitrogens with one attached hydrogen (secondary N) is 1. The molecule has 3 N–H and O–H groups in total. The number of rotatable bonds is 5. The van der Waals surface area contributed by atoms with E-state index in [1.165, 1.54) is 16.2 Å². The van der Waals surface area contributed by atoms with E-state index in [1.807, 2.05) is 32.9 Å². The Kier molecular flexibility index (Phi) is 5.69. The summed E-state index contributed by atoms with van der Waals surface area (Å²) in [7, 11) is 1.58. The zero-order valence-electron chi connectivity index (χ0n) is 14.3. The number of nitrogens with two attached hydrogens (primary N) is 1. The minimum Gasteiger partial charge on any atom is -0.331 e. The van der Waals surface area contributed by atoms with Crippen molar-refractivity contribution in [3.63, 3.8) is 0 Å². The van der Waals surface area contributed by atoms with Crippen molar-refractivity contribution in [2.75, 3.05) is 18.9 Å². The van der Waals surface area contributed by atoms with Crippen LogP contribution in [0.15, 0.2) is 17.5 Å². The van der Waals surface area contributed by atoms with Crippen LogP contribution in [0.4, 0.5) is 5.69 Å². The third kappa shape index (κ3) is 4.18. The summed E-state index contributed by atoms with van der Waals surface area (Å²) in [5.41, 5.74) is 9.77. The maximum absolute atomic E-state index is 12.3. The van der Waals surface area contributed by atoms with E-state index < -0.39 is 0 Å². The molecule has 0 saturated carbocycles. The summed E-state index contributed by atoms with van der Waals surface area (Å²) in [6.07, 6.45) is 0. The monoisotopic (exact) mass is 346 g/mol. The van der Waals surface area contributed by atoms with Gasteiger partial charge >= 0.3 is 0 Å². The van der Waals surface area contributed by atoms with Gasteiger partial charge in [-0.3, -0.25) is 9.59 Å². The quantitative estimate of drug-likeness (QED) is 0.869. The first-order chi connectivity index (χ1) is 11.3. The van der Waals surface area contributed by atoms with Crippen molar-refractivity contribution >= 4 is 28.8 Å². The van der Waals surface area contributed by atoms with Crippen molar-refractivity contribution in [3.05, 3.63) is 44.9 Å². The van der Waals surface area contributed by atoms with Crippen molar-refractivity contribution in [1.82, 2.24) is 9.88 Å². The molecular formula is C17H22N4O2S. The number of hydrogen-bond acceptors (Lipinski definition) is 5. The van der Waals surface area contributed by atoms with Gasteiger partial charge in [0.15, 0.2) is 0 Å². The number of aryl methyl sites for hydroxylation is 3. The Morgan fingerprint density at radius 1 is 1.25 bits per heavy atom. The zero-order valence-corrected chi connectivity index (χ0v) is 15.2. The normalized spacial score (nSPS) is 10.5. The molecule has 2 amide bonds. The number of nitrogens with zero attached hydrogens (tertiary/aromatic N) is 2. The lowest BCUT2D eigenvalue weighted by Crippen LogP contribution is -2.35. The van der Waals surface area contributed by atoms with Crippen LogP contribution in [-0.2, 0) is 11.3 Å². The van der Waals surface area contributed by atoms with Crippen LogP contribution in [0, 0.1) is 20.8 Å². The minimum absolute atomic E-state index is 0.0406. The smallest absolute Gasteiger partial charge is 0.273 e. The molecule has 2 aromatic rings. The van der Waals surface area contributed by atoms with E-state index in [2.05, 4.69) is 10.3 Å². The van der Waals surface area contributed by atoms with Crippen molar-refractivity contribution in [2.45, 2.75) is 27.3 Å². The van der Waals surface area contributed by atoms with E-state index in [-0.39, 0.29) is 18.4 Å². The average molecular weight is 346 g/mol. The van der Waals surface area contributed by atoms with Crippen LogP contribution in [-0.4, -0.2) is 35.3 Å². The highest BCUT2D eigenvalue weighted by molar-refractivity contribution is 7.09. The van der Waals surface area contributed by atoms with Gasteiger partial charge in [-0.1, -0.05) is 17.7 Å². The molecule has 1 aromatic carbocycles. The minimum atomic E-state index is -0.293. The van der Waals surface area contributed by atoms with Gasteiger partial charge < -0.3 is 16.0 Å². The van der Waals surface area contributed by atoms with Crippen LogP contribution < -0.4 is 11.1 Å². The maximum atomic E-state index is 12.3. The number of likely N-dealkylation sites (N-methyl/N-ethyl adjacent to an activating group) is 1. The lowest BCUT2D eigenvalue weighted by atomic mass is 10.1. The van der Waals surface area contributed by atoms with Gasteiger partial charge in [-0.2, -0.15) is 0 Å². The first kappa shape index (κ1) is 18.1. The van der Waals surface area contributed by atoms with Gasteiger partial charge in [-0.15, -0.1) is 11.3 Å². The van der Waals surface area contributed by atoms with Crippen LogP contribution in [0.3, 0.4) is 0 Å². The van der Waals surface area contributed by atoms with Gasteiger partial charge in [-0.25, -0.2) is 4.98 Å². The van der Waals surface area contributed by atoms with Gasteiger partial charge in [0.1, 0.15) is 10.7 Å². The Morgan fingerprint density at radius 2 is 1.88 bits per heavy atom. The van der Waals surface area contributed by atoms with Crippen LogP contribution in [0.5, 0.6) is 0 Å². The molecule has 0 aliphatic rings. The average Bonchev–Trinajstić information content (AvgIpc) is 2.99. The zero-order chi connectivity index (χ0) is 17.9. The number of amides is 2. The third-order valence-corrected chi connectivity index (χ3v) is 4.49. The molecule has 0 radical (unpaired) electrons. The van der Waals surface area contributed by atoms with Crippen LogP contribution in [0.1, 0.15) is 32.2 Å². The van der Waals surface area contributed by atoms with Gasteiger partial charge in [0.25, 0.3) is 5.91 Å². The highest BCUT2D eigenvalue weighted by Crippen LogP contribution is 2.21. The van der Waals surface area contributed by atoms with Gasteiger partial charge in [-0.05, 0) is 31.9 Å². The summed E-state index contributed by atoms with van der Waals surface area (Å²) in [6.45, 7) is 6.18. The molecule has 6 nitrogen and oxygen atoms in total. The summed E-state index contributed by atoms with van der Waals surface area (Å²) in [5.74, 6) is -0.534. The Hall–Kier alpha value is -2.25. The summed E-state index contributed by atoms with van der Waals surface area (Å²) in [5, 5.41) is 5.25. The molecule has 0 unspecified atom stereocenters. The second-order valence-corrected chi connectivity index (χ2v) is 6.76. The topological polar surface area (TPSA) is 88.3 Å². The molecule has 24 heavy (non-hydrogen) atoms. The molecule has 0 bridgehead atoms. The number of thiazole rings is 1. The molecular weight excluding hydrogens is 324 g/mol. The fourth-order valence-electron chi connectivity index (χ4n) is 2.54. The maximum Gasteiger partial charge on any atom is 0.273 e. The lowest BCUT2D eigenvalue weighted by Gasteiger charge is -2.17. The number of carbonyl (C=O) groups excluding carboxylic acids is 2. The molecule has 0 aliphatic carbocycles. The van der Waals surface area contributed by atoms with Crippen molar-refractivity contribution < 1.29 is 9.59 Å². The Bertz CT molecular complexity index is 747. The third-order valence-electron chi connectivity index (χ3n) is 3.61. The summed E-state index contributed by atoms with van der Waals surface area (Å²) in [6, 6.07) is 4.03. The Labute approximate surface area is 145 Å². The Morgan fingerprint density at radius 3 is 2.42 bits per heavy atom. The van der Waals surface area contributed by atoms with E-state index in [0.717, 1.165) is 22.4 Å². The van der Waals surface area contributed by atoms with E-state index in [4.69, 9.17) is 5.73 Å². The lowest BCUT2D eigenvalue weighted by molar-refractivity contribution is -0.116. The van der Waals surface area contributed by atoms with E-state index >= 15 is 0 Å². The Balaban J connectivity index is 2.03. The van der Waals surface area contributed by atoms with Crippen molar-refractivity contribution in [3.8, 4) is 0 Å². The molecule has 1 aromatic heterocycles. The van der Waals surface area contributed by atoms with E-state index in [9.17, 15) is 9.59 Å². The molecule has 0 spiro atoms. The second kappa shape index (κ2) is 7.55. The molecule has 0 saturated heterocycles. The van der Waals surface area contributed by atoms with Gasteiger partial charge in [0.05, 0.1) is 6.54 Å². The summed E-state index contributed by atoms with van der Waals surface area (Å²) >= 11 is 1.34. The SMILES string of the molecule is Cc1cc(C)c(NC(=O)CN(C)C(=O)c2csc(CN)n2)c(C)c1. The van der Waals surface area contributed by atoms with Crippen molar-refractivity contribution in [2.24, 2.45) is 5.73 Å². The van der Waals surface area contributed by atoms with Gasteiger partial charge in [0, 0.05) is 24.7 Å². The highest BCUT2D eigenvalue weighted by Gasteiger charge is 2.18. The molecule has 0 fully saturated rings. The molecule has 2 rings (SSSR count). The fourth-order valence-corrected chi connectivity index (χ4v) is 3.19. The predicted molar refractivity (Wildman–Crippen MR) is 96.2 cm³/mol. The predicted octanol–water partition coefficient (Wildman–Crippen LogP) is 2.24. The van der Waals surface area contributed by atoms with Crippen LogP contribution >= 0.6 is 11.3 Å². The van der Waals surface area contributed by atoms with E-state index in [0.29, 0.717) is 17.2 Å². The first-order valence-corrected chi connectivity index (χ1v) is 8.47. The number of carbonyl (C=O) groups is 2. The van der Waals surface area contributed by atoms with Crippen LogP contribution in [0.2, 0.25) is 0 Å². The molecule has 128 valence electrons. The number of benzene rings is 1. The fraction of sp³-hybridized carbons (Fsp3) is 0.353. The van der Waals surface area contributed by atoms with Gasteiger partial charge in [0.2, 0.25) is 5.91 Å². The molecule has 0 aliphatic heterocycles. The molecule has 1 heterocycles. The first-order valence-electron chi connectivity index (χ1n) is 7.59. The largest absolute Gasteiger partial charge is 0.331 e. The van der Waals surface area contributed by atoms with Crippen LogP contribution in [0.25, 0.3) is 0 Å². The van der Waals surface area contributed by atoms with Crippen molar-refractivity contribution in [1.29, 1.82) is 0 Å². The second-order valence-electron chi connectivity index (χ2n) is 5.81. The number of anilines is 1. The molecule has 0 atom stereocenters. The standard InChI is InChI=1S/C17H22N4O2S/c1-10-5-11(2)16(12(3)6-10)20-14(22)8-21(4)17(23)13-9-24-15(7-18)19-13/h5-6,9H,7-8,18H2,1-4H3,(H,20,22). The summed E-state index contributed by atoms with van der Waals surface area (Å²) in [4.78, 5) is 30.1. The summed E-state index contributed by atoms with van der Waals surface area (Å²) < 4.78 is 0. The number of hydrogen-bond donors (Lipinski definition) is 2.